The topological polar surface area (TPSA) is 64.7 Å². The second-order valence-electron chi connectivity index (χ2n) is 9.83. The normalized spacial score (nSPS) is 44.1. The Hall–Kier alpha value is -1.30. The number of nitrogens with zero attached hydrogens (tertiary/aromatic N) is 1. The van der Waals surface area contributed by atoms with Crippen LogP contribution in [0.4, 0.5) is 8.78 Å². The van der Waals surface area contributed by atoms with Gasteiger partial charge in [0, 0.05) is 18.4 Å². The first kappa shape index (κ1) is 20.0. The Morgan fingerprint density at radius 1 is 1.18 bits per heavy atom. The molecule has 0 bridgehead atoms. The standard InChI is InChI=1S/C22H32F2N2O2/c1-21-7-5-14(26-28-10-9-25)11-13(21)12-15(20(23)24)19-16-3-4-18(27)22(16,2)8-6-17(19)21/h13,16-17,19H,3-12,25H2,1-2H3/t13?,16-,17-,19-,21-,22-/m0/s1. The first-order chi connectivity index (χ1) is 13.3. The number of carbonyl (C=O) groups is 1. The molecule has 0 aromatic rings. The van der Waals surface area contributed by atoms with E-state index >= 15 is 0 Å². The number of fused-ring (bicyclic) bond motifs is 5. The first-order valence-electron chi connectivity index (χ1n) is 10.8. The summed E-state index contributed by atoms with van der Waals surface area (Å²) >= 11 is 0. The predicted octanol–water partition coefficient (Wildman–Crippen LogP) is 4.69. The molecule has 0 radical (unpaired) electrons. The molecule has 4 rings (SSSR count). The lowest BCUT2D eigenvalue weighted by molar-refractivity contribution is -0.133. The highest BCUT2D eigenvalue weighted by Gasteiger charge is 2.62. The minimum Gasteiger partial charge on any atom is -0.395 e. The van der Waals surface area contributed by atoms with Crippen LogP contribution in [0.15, 0.2) is 16.8 Å². The van der Waals surface area contributed by atoms with Crippen molar-refractivity contribution in [1.29, 1.82) is 0 Å². The third kappa shape index (κ3) is 2.94. The minimum absolute atomic E-state index is 0.0312. The van der Waals surface area contributed by atoms with Gasteiger partial charge in [-0.2, -0.15) is 8.78 Å². The van der Waals surface area contributed by atoms with Crippen LogP contribution >= 0.6 is 0 Å². The van der Waals surface area contributed by atoms with Gasteiger partial charge in [-0.05, 0) is 79.6 Å². The molecule has 2 N–H and O–H groups in total. The van der Waals surface area contributed by atoms with E-state index in [0.29, 0.717) is 31.6 Å². The van der Waals surface area contributed by atoms with E-state index in [1.165, 1.54) is 0 Å². The lowest BCUT2D eigenvalue weighted by Gasteiger charge is -2.60. The van der Waals surface area contributed by atoms with E-state index in [0.717, 1.165) is 44.2 Å². The molecule has 4 aliphatic rings. The van der Waals surface area contributed by atoms with Crippen molar-refractivity contribution in [3.63, 3.8) is 0 Å². The summed E-state index contributed by atoms with van der Waals surface area (Å²) in [4.78, 5) is 17.8. The highest BCUT2D eigenvalue weighted by molar-refractivity contribution is 5.87. The Balaban J connectivity index is 1.65. The molecule has 0 saturated heterocycles. The summed E-state index contributed by atoms with van der Waals surface area (Å²) in [6.07, 6.45) is 4.52. The summed E-state index contributed by atoms with van der Waals surface area (Å²) in [7, 11) is 0. The second kappa shape index (κ2) is 7.19. The van der Waals surface area contributed by atoms with E-state index in [4.69, 9.17) is 10.6 Å². The Morgan fingerprint density at radius 2 is 1.96 bits per heavy atom. The fraction of sp³-hybridized carbons (Fsp3) is 0.818. The third-order valence-electron chi connectivity index (χ3n) is 8.71. The number of Topliss-reactive ketones (excluding diaryl/α,β-unsaturated/α-hetero) is 1. The van der Waals surface area contributed by atoms with Crippen LogP contribution in [0.1, 0.15) is 65.2 Å². The zero-order chi connectivity index (χ0) is 20.1. The molecule has 6 heteroatoms. The monoisotopic (exact) mass is 394 g/mol. The molecule has 156 valence electrons. The van der Waals surface area contributed by atoms with Crippen molar-refractivity contribution in [2.24, 2.45) is 45.4 Å². The molecule has 4 nitrogen and oxygen atoms in total. The lowest BCUT2D eigenvalue weighted by atomic mass is 9.44. The summed E-state index contributed by atoms with van der Waals surface area (Å²) < 4.78 is 28.3. The number of hydrogen-bond donors (Lipinski definition) is 1. The molecule has 0 aromatic carbocycles. The fourth-order valence-corrected chi connectivity index (χ4v) is 7.05. The van der Waals surface area contributed by atoms with Crippen molar-refractivity contribution >= 4 is 11.5 Å². The van der Waals surface area contributed by atoms with Crippen LogP contribution in [-0.4, -0.2) is 24.6 Å². The van der Waals surface area contributed by atoms with Gasteiger partial charge in [-0.25, -0.2) is 0 Å². The van der Waals surface area contributed by atoms with E-state index in [2.05, 4.69) is 12.1 Å². The van der Waals surface area contributed by atoms with Crippen LogP contribution < -0.4 is 5.73 Å². The van der Waals surface area contributed by atoms with Crippen molar-refractivity contribution in [2.75, 3.05) is 13.2 Å². The van der Waals surface area contributed by atoms with Gasteiger partial charge in [-0.1, -0.05) is 19.0 Å². The quantitative estimate of drug-likeness (QED) is 0.558. The molecule has 0 heterocycles. The molecule has 28 heavy (non-hydrogen) atoms. The number of allylic oxidation sites excluding steroid dienone is 1. The number of rotatable bonds is 3. The Bertz CT molecular complexity index is 717. The molecule has 6 atom stereocenters. The zero-order valence-corrected chi connectivity index (χ0v) is 17.0. The van der Waals surface area contributed by atoms with Gasteiger partial charge >= 0.3 is 0 Å². The maximum absolute atomic E-state index is 14.1. The number of hydrogen-bond acceptors (Lipinski definition) is 4. The predicted molar refractivity (Wildman–Crippen MR) is 104 cm³/mol. The number of halogens is 2. The van der Waals surface area contributed by atoms with Crippen molar-refractivity contribution in [2.45, 2.75) is 65.2 Å². The minimum atomic E-state index is -1.51. The maximum Gasteiger partial charge on any atom is 0.269 e. The zero-order valence-electron chi connectivity index (χ0n) is 17.0. The first-order valence-corrected chi connectivity index (χ1v) is 10.8. The van der Waals surface area contributed by atoms with Crippen LogP contribution in [-0.2, 0) is 9.63 Å². The molecule has 0 spiro atoms. The fourth-order valence-electron chi connectivity index (χ4n) is 7.05. The van der Waals surface area contributed by atoms with E-state index < -0.39 is 11.5 Å². The molecule has 0 aliphatic heterocycles. The number of ketones is 1. The number of oxime groups is 1. The van der Waals surface area contributed by atoms with Crippen molar-refractivity contribution in [3.05, 3.63) is 11.7 Å². The van der Waals surface area contributed by atoms with Gasteiger partial charge in [0.15, 0.2) is 0 Å². The average molecular weight is 395 g/mol. The summed E-state index contributed by atoms with van der Waals surface area (Å²) in [5.74, 6) is 0.635. The Morgan fingerprint density at radius 3 is 2.68 bits per heavy atom. The van der Waals surface area contributed by atoms with E-state index in [1.54, 1.807) is 0 Å². The van der Waals surface area contributed by atoms with Crippen LogP contribution in [0.5, 0.6) is 0 Å². The number of carbonyl (C=O) groups excluding carboxylic acids is 1. The Kier molecular flexibility index (Phi) is 5.13. The SMILES string of the molecule is C[C@]12CCC(=NOCCN)CC1CC(=C(F)F)[C@@H]1[C@@H]2CC[C@]2(C)C(=O)CC[C@@H]12. The van der Waals surface area contributed by atoms with Gasteiger partial charge in [0.1, 0.15) is 12.4 Å². The van der Waals surface area contributed by atoms with Gasteiger partial charge in [0.25, 0.3) is 6.08 Å². The summed E-state index contributed by atoms with van der Waals surface area (Å²) in [6.45, 7) is 5.14. The Labute approximate surface area is 165 Å². The van der Waals surface area contributed by atoms with Crippen molar-refractivity contribution in [1.82, 2.24) is 0 Å². The average Bonchev–Trinajstić information content (AvgIpc) is 2.96. The molecule has 0 amide bonds. The molecule has 4 fully saturated rings. The molecule has 0 aromatic heterocycles. The lowest BCUT2D eigenvalue weighted by Crippen LogP contribution is -2.54. The van der Waals surface area contributed by atoms with Crippen LogP contribution in [0.25, 0.3) is 0 Å². The van der Waals surface area contributed by atoms with E-state index in [9.17, 15) is 13.6 Å². The summed E-state index contributed by atoms with van der Waals surface area (Å²) in [5.41, 5.74) is 6.39. The van der Waals surface area contributed by atoms with Gasteiger partial charge in [-0.15, -0.1) is 0 Å². The highest BCUT2D eigenvalue weighted by Crippen LogP contribution is 2.67. The smallest absolute Gasteiger partial charge is 0.269 e. The van der Waals surface area contributed by atoms with Crippen LogP contribution in [0, 0.1) is 34.5 Å². The van der Waals surface area contributed by atoms with Gasteiger partial charge in [0.05, 0.1) is 5.71 Å². The molecule has 4 saturated carbocycles. The highest BCUT2D eigenvalue weighted by atomic mass is 19.3. The molecule has 1 unspecified atom stereocenters. The van der Waals surface area contributed by atoms with Crippen LogP contribution in [0.3, 0.4) is 0 Å². The maximum atomic E-state index is 14.1. The van der Waals surface area contributed by atoms with Crippen LogP contribution in [0.2, 0.25) is 0 Å². The molecular weight excluding hydrogens is 362 g/mol. The van der Waals surface area contributed by atoms with Gasteiger partial charge in [-0.3, -0.25) is 4.79 Å². The third-order valence-corrected chi connectivity index (χ3v) is 8.71. The largest absolute Gasteiger partial charge is 0.395 e. The van der Waals surface area contributed by atoms with Crippen molar-refractivity contribution in [3.8, 4) is 0 Å². The van der Waals surface area contributed by atoms with Gasteiger partial charge < -0.3 is 10.6 Å². The second-order valence-corrected chi connectivity index (χ2v) is 9.83. The molecular formula is C22H32F2N2O2. The van der Waals surface area contributed by atoms with Crippen molar-refractivity contribution < 1.29 is 18.4 Å². The molecule has 4 aliphatic carbocycles. The van der Waals surface area contributed by atoms with E-state index in [1.807, 2.05) is 6.92 Å². The summed E-state index contributed by atoms with van der Waals surface area (Å²) in [6, 6.07) is 0. The summed E-state index contributed by atoms with van der Waals surface area (Å²) in [5, 5.41) is 4.23. The number of nitrogens with two attached hydrogens (primary N) is 1. The van der Waals surface area contributed by atoms with E-state index in [-0.39, 0.29) is 34.9 Å². The van der Waals surface area contributed by atoms with Gasteiger partial charge in [0.2, 0.25) is 0 Å².